The Kier molecular flexibility index (Phi) is 8.19. The van der Waals surface area contributed by atoms with Crippen molar-refractivity contribution in [3.63, 3.8) is 0 Å². The lowest BCUT2D eigenvalue weighted by Crippen LogP contribution is -2.10. The summed E-state index contributed by atoms with van der Waals surface area (Å²) >= 11 is 0. The van der Waals surface area contributed by atoms with E-state index in [1.807, 2.05) is 0 Å². The molecule has 0 aromatic rings. The van der Waals surface area contributed by atoms with E-state index < -0.39 is 12.6 Å². The van der Waals surface area contributed by atoms with Gasteiger partial charge in [0.2, 0.25) is 0 Å². The van der Waals surface area contributed by atoms with E-state index in [4.69, 9.17) is 9.47 Å². The van der Waals surface area contributed by atoms with Crippen LogP contribution >= 0.6 is 0 Å². The number of halogens is 3. The van der Waals surface area contributed by atoms with Gasteiger partial charge in [0, 0.05) is 26.4 Å². The predicted molar refractivity (Wildman–Crippen MR) is 52.2 cm³/mol. The minimum atomic E-state index is -4.17. The maximum absolute atomic E-state index is 11.7. The van der Waals surface area contributed by atoms with E-state index in [0.29, 0.717) is 13.2 Å². The first-order valence-electron chi connectivity index (χ1n) is 5.11. The number of alkyl halides is 3. The highest BCUT2D eigenvalue weighted by atomic mass is 19.4. The summed E-state index contributed by atoms with van der Waals surface area (Å²) in [5, 5.41) is 0. The molecular weight excluding hydrogens is 225 g/mol. The summed E-state index contributed by atoms with van der Waals surface area (Å²) < 4.78 is 45.0. The molecule has 0 unspecified atom stereocenters. The lowest BCUT2D eigenvalue weighted by atomic mass is 10.1. The van der Waals surface area contributed by atoms with E-state index in [0.717, 1.165) is 0 Å². The SMILES string of the molecule is COCCOCCC(=O)CCCC(F)(F)F. The molecule has 0 fully saturated rings. The smallest absolute Gasteiger partial charge is 0.382 e. The molecule has 16 heavy (non-hydrogen) atoms. The standard InChI is InChI=1S/C10H17F3O3/c1-15-7-8-16-6-4-9(14)3-2-5-10(11,12)13/h2-8H2,1H3. The average molecular weight is 242 g/mol. The second-order valence-corrected chi connectivity index (χ2v) is 3.36. The van der Waals surface area contributed by atoms with E-state index in [-0.39, 0.29) is 31.7 Å². The first-order chi connectivity index (χ1) is 7.45. The van der Waals surface area contributed by atoms with Gasteiger partial charge in [-0.05, 0) is 6.42 Å². The molecule has 96 valence electrons. The molecule has 0 atom stereocenters. The summed E-state index contributed by atoms with van der Waals surface area (Å²) in [7, 11) is 1.53. The molecule has 0 aliphatic heterocycles. The lowest BCUT2D eigenvalue weighted by molar-refractivity contribution is -0.137. The van der Waals surface area contributed by atoms with Gasteiger partial charge >= 0.3 is 6.18 Å². The Bertz CT molecular complexity index is 192. The summed E-state index contributed by atoms with van der Waals surface area (Å²) in [6.45, 7) is 1.09. The van der Waals surface area contributed by atoms with Crippen LogP contribution in [0.1, 0.15) is 25.7 Å². The van der Waals surface area contributed by atoms with Crippen LogP contribution in [0.15, 0.2) is 0 Å². The van der Waals surface area contributed by atoms with Gasteiger partial charge in [-0.25, -0.2) is 0 Å². The molecule has 0 amide bonds. The van der Waals surface area contributed by atoms with E-state index in [2.05, 4.69) is 0 Å². The molecule has 6 heteroatoms. The molecule has 0 spiro atoms. The van der Waals surface area contributed by atoms with Crippen LogP contribution in [0, 0.1) is 0 Å². The number of methoxy groups -OCH3 is 1. The minimum Gasteiger partial charge on any atom is -0.382 e. The monoisotopic (exact) mass is 242 g/mol. The molecule has 0 aliphatic rings. The molecule has 0 radical (unpaired) electrons. The van der Waals surface area contributed by atoms with Crippen LogP contribution < -0.4 is 0 Å². The molecule has 0 saturated heterocycles. The number of carbonyl (C=O) groups is 1. The van der Waals surface area contributed by atoms with Gasteiger partial charge in [-0.1, -0.05) is 0 Å². The molecule has 0 N–H and O–H groups in total. The van der Waals surface area contributed by atoms with Crippen molar-refractivity contribution in [3.8, 4) is 0 Å². The second kappa shape index (κ2) is 8.52. The van der Waals surface area contributed by atoms with Crippen LogP contribution in [-0.4, -0.2) is 38.9 Å². The Labute approximate surface area is 92.9 Å². The fraction of sp³-hybridized carbons (Fsp3) is 0.900. The Morgan fingerprint density at radius 3 is 2.38 bits per heavy atom. The van der Waals surface area contributed by atoms with Crippen LogP contribution in [0.5, 0.6) is 0 Å². The van der Waals surface area contributed by atoms with Gasteiger partial charge < -0.3 is 9.47 Å². The van der Waals surface area contributed by atoms with Crippen LogP contribution in [0.4, 0.5) is 13.2 Å². The maximum Gasteiger partial charge on any atom is 0.389 e. The molecule has 0 aromatic carbocycles. The van der Waals surface area contributed by atoms with Gasteiger partial charge in [0.1, 0.15) is 5.78 Å². The zero-order valence-corrected chi connectivity index (χ0v) is 9.31. The molecule has 0 aliphatic carbocycles. The van der Waals surface area contributed by atoms with Gasteiger partial charge in [-0.2, -0.15) is 13.2 Å². The van der Waals surface area contributed by atoms with Crippen molar-refractivity contribution in [2.75, 3.05) is 26.9 Å². The van der Waals surface area contributed by atoms with Gasteiger partial charge in [-0.15, -0.1) is 0 Å². The number of Topliss-reactive ketones (excluding diaryl/α,β-unsaturated/α-hetero) is 1. The zero-order valence-electron chi connectivity index (χ0n) is 9.31. The van der Waals surface area contributed by atoms with Gasteiger partial charge in [0.25, 0.3) is 0 Å². The number of ether oxygens (including phenoxy) is 2. The van der Waals surface area contributed by atoms with E-state index in [1.165, 1.54) is 7.11 Å². The number of hydrogen-bond donors (Lipinski definition) is 0. The van der Waals surface area contributed by atoms with Crippen molar-refractivity contribution in [2.24, 2.45) is 0 Å². The second-order valence-electron chi connectivity index (χ2n) is 3.36. The minimum absolute atomic E-state index is 0.0346. The topological polar surface area (TPSA) is 35.5 Å². The van der Waals surface area contributed by atoms with E-state index in [9.17, 15) is 18.0 Å². The van der Waals surface area contributed by atoms with E-state index >= 15 is 0 Å². The molecule has 0 bridgehead atoms. The van der Waals surface area contributed by atoms with Gasteiger partial charge in [0.15, 0.2) is 0 Å². The summed E-state index contributed by atoms with van der Waals surface area (Å²) in [5.74, 6) is -0.193. The van der Waals surface area contributed by atoms with Crippen LogP contribution in [0.2, 0.25) is 0 Å². The normalized spacial score (nSPS) is 11.8. The first-order valence-corrected chi connectivity index (χ1v) is 5.11. The third-order valence-electron chi connectivity index (χ3n) is 1.87. The van der Waals surface area contributed by atoms with Crippen molar-refractivity contribution in [3.05, 3.63) is 0 Å². The van der Waals surface area contributed by atoms with Crippen LogP contribution in [-0.2, 0) is 14.3 Å². The fourth-order valence-corrected chi connectivity index (χ4v) is 1.04. The molecule has 0 aromatic heterocycles. The van der Waals surface area contributed by atoms with E-state index in [1.54, 1.807) is 0 Å². The summed E-state index contributed by atoms with van der Waals surface area (Å²) in [6, 6.07) is 0. The Morgan fingerprint density at radius 2 is 1.81 bits per heavy atom. The Balaban J connectivity index is 3.32. The van der Waals surface area contributed by atoms with Crippen molar-refractivity contribution in [1.29, 1.82) is 0 Å². The predicted octanol–water partition coefficient (Wildman–Crippen LogP) is 2.34. The van der Waals surface area contributed by atoms with Crippen molar-refractivity contribution in [2.45, 2.75) is 31.9 Å². The highest BCUT2D eigenvalue weighted by molar-refractivity contribution is 5.78. The van der Waals surface area contributed by atoms with Crippen molar-refractivity contribution >= 4 is 5.78 Å². The third kappa shape index (κ3) is 11.5. The molecule has 3 nitrogen and oxygen atoms in total. The third-order valence-corrected chi connectivity index (χ3v) is 1.87. The zero-order chi connectivity index (χ0) is 12.4. The first kappa shape index (κ1) is 15.4. The number of hydrogen-bond acceptors (Lipinski definition) is 3. The Morgan fingerprint density at radius 1 is 1.12 bits per heavy atom. The summed E-state index contributed by atoms with van der Waals surface area (Å²) in [4.78, 5) is 11.1. The highest BCUT2D eigenvalue weighted by Crippen LogP contribution is 2.22. The van der Waals surface area contributed by atoms with Gasteiger partial charge in [-0.3, -0.25) is 4.79 Å². The quantitative estimate of drug-likeness (QED) is 0.582. The van der Waals surface area contributed by atoms with Crippen LogP contribution in [0.3, 0.4) is 0 Å². The van der Waals surface area contributed by atoms with Gasteiger partial charge in [0.05, 0.1) is 19.8 Å². The summed E-state index contributed by atoms with van der Waals surface area (Å²) in [6.07, 6.45) is -5.08. The molecule has 0 heterocycles. The number of ketones is 1. The summed E-state index contributed by atoms with van der Waals surface area (Å²) in [5.41, 5.74) is 0. The lowest BCUT2D eigenvalue weighted by Gasteiger charge is -2.05. The molecule has 0 rings (SSSR count). The molecular formula is C10H17F3O3. The maximum atomic E-state index is 11.7. The van der Waals surface area contributed by atoms with Crippen molar-refractivity contribution in [1.82, 2.24) is 0 Å². The van der Waals surface area contributed by atoms with Crippen molar-refractivity contribution < 1.29 is 27.4 Å². The number of carbonyl (C=O) groups excluding carboxylic acids is 1. The number of rotatable bonds is 9. The largest absolute Gasteiger partial charge is 0.389 e. The van der Waals surface area contributed by atoms with Crippen LogP contribution in [0.25, 0.3) is 0 Å². The fourth-order valence-electron chi connectivity index (χ4n) is 1.04. The highest BCUT2D eigenvalue weighted by Gasteiger charge is 2.26. The molecule has 0 saturated carbocycles. The Hall–Kier alpha value is -0.620. The average Bonchev–Trinajstić information content (AvgIpc) is 2.15.